The zero-order valence-corrected chi connectivity index (χ0v) is 39.6. The topological polar surface area (TPSA) is 169 Å². The molecule has 0 bridgehead atoms. The molecule has 0 aliphatic carbocycles. The van der Waals surface area contributed by atoms with Gasteiger partial charge in [0, 0.05) is 61.5 Å². The maximum atomic E-state index is 13.2. The number of carbonyl (C=O) groups excluding carboxylic acids is 4. The minimum atomic E-state index is -0.610. The van der Waals surface area contributed by atoms with Gasteiger partial charge in [-0.1, -0.05) is 72.8 Å². The third-order valence-corrected chi connectivity index (χ3v) is 12.8. The minimum Gasteiger partial charge on any atom is -0.444 e. The van der Waals surface area contributed by atoms with E-state index in [4.69, 9.17) is 23.8 Å². The molecule has 12 nitrogen and oxygen atoms in total. The largest absolute Gasteiger partial charge is 0.444 e. The molecule has 6 N–H and O–H groups in total. The van der Waals surface area contributed by atoms with Crippen molar-refractivity contribution in [2.24, 2.45) is 0 Å². The molecule has 12 heteroatoms. The Morgan fingerprint density at radius 2 is 0.803 bits per heavy atom. The Kier molecular flexibility index (Phi) is 14.4. The van der Waals surface area contributed by atoms with Gasteiger partial charge in [0.25, 0.3) is 0 Å². The number of Topliss-reactive ketones (excluding diaryl/α,β-unsaturated/α-hetero) is 2. The van der Waals surface area contributed by atoms with Gasteiger partial charge < -0.3 is 31.6 Å². The van der Waals surface area contributed by atoms with Gasteiger partial charge in [-0.05, 0) is 151 Å². The summed E-state index contributed by atoms with van der Waals surface area (Å²) in [6.07, 6.45) is 6.15. The third-order valence-electron chi connectivity index (χ3n) is 12.8. The zero-order chi connectivity index (χ0) is 48.9. The van der Waals surface area contributed by atoms with Gasteiger partial charge in [-0.25, -0.2) is 9.59 Å². The molecule has 2 amide bonds. The van der Waals surface area contributed by atoms with E-state index in [-0.39, 0.29) is 48.6 Å². The van der Waals surface area contributed by atoms with Crippen molar-refractivity contribution in [3.63, 3.8) is 0 Å². The number of anilines is 2. The molecule has 0 aromatic heterocycles. The second-order valence-corrected chi connectivity index (χ2v) is 20.3. The Hall–Kier alpha value is -5.72. The number of amides is 2. The molecule has 6 atom stereocenters. The summed E-state index contributed by atoms with van der Waals surface area (Å²) in [4.78, 5) is 54.8. The van der Waals surface area contributed by atoms with Crippen molar-refractivity contribution in [3.05, 3.63) is 130 Å². The van der Waals surface area contributed by atoms with Crippen LogP contribution in [0.4, 0.5) is 21.0 Å². The first kappa shape index (κ1) is 45.4. The zero-order valence-electron chi connectivity index (χ0n) is 41.6. The van der Waals surface area contributed by atoms with Crippen LogP contribution < -0.4 is 22.1 Å². The van der Waals surface area contributed by atoms with Gasteiger partial charge in [0.05, 0.1) is 12.1 Å². The van der Waals surface area contributed by atoms with Gasteiger partial charge >= 0.3 is 12.2 Å². The van der Waals surface area contributed by atoms with Gasteiger partial charge in [-0.15, -0.1) is 0 Å². The highest BCUT2D eigenvalue weighted by molar-refractivity contribution is 5.90. The number of nitrogens with one attached hydrogen (secondary N) is 2. The second kappa shape index (κ2) is 20.8. The number of hydrogen-bond acceptors (Lipinski definition) is 10. The Morgan fingerprint density at radius 3 is 1.09 bits per heavy atom. The number of benzene rings is 4. The van der Waals surface area contributed by atoms with Crippen LogP contribution in [0.2, 0.25) is 2.82 Å². The molecule has 4 unspecified atom stereocenters. The normalized spacial score (nSPS) is 24.0. The van der Waals surface area contributed by atoms with Crippen molar-refractivity contribution in [1.29, 1.82) is 0 Å². The number of hydrogen-bond donors (Lipinski definition) is 4. The lowest BCUT2D eigenvalue weighted by molar-refractivity contribution is -0.123. The smallest absolute Gasteiger partial charge is 0.410 e. The van der Waals surface area contributed by atoms with Crippen LogP contribution in [0, 0.1) is 0 Å². The summed E-state index contributed by atoms with van der Waals surface area (Å²) < 4.78 is 28.4. The lowest BCUT2D eigenvalue weighted by Gasteiger charge is -2.28. The fraction of sp³-hybridized carbons (Fsp3) is 0.481. The predicted molar refractivity (Wildman–Crippen MR) is 260 cm³/mol. The van der Waals surface area contributed by atoms with Crippen LogP contribution >= 0.6 is 0 Å². The quantitative estimate of drug-likeness (QED) is 0.112. The Morgan fingerprint density at radius 1 is 0.515 bits per heavy atom. The molecule has 0 saturated carbocycles. The summed E-state index contributed by atoms with van der Waals surface area (Å²) in [6.45, 7) is 12.0. The standard InChI is InChI=1S/C38H51N3O6.C16H19N3/c1-37(2,3)46-35(44)40-21-7-9-31(40)33(42)23-25-11-15-27(16-12-25)29-19-20-30(39-29)28-17-13-26(14-18-28)24-34(43)32-10-8-22-41(32)36(45)47-38(4,5)6;17-13-5-1-11(2-6-13)15-9-10-16(19-15)12-3-7-14(18)8-4-12/h11-18,29-32,39H,7-10,19-24H2,1-6H3;1-8,15-16,19H,9-10,17-18H2/t29?,30?,31-,32-;/m0./s1/i/hD2. The molecular formula is C54H70N6O6. The molecule has 4 heterocycles. The van der Waals surface area contributed by atoms with Gasteiger partial charge in [0.15, 0.2) is 11.6 Å². The maximum absolute atomic E-state index is 13.2. The molecule has 4 fully saturated rings. The molecule has 4 aromatic carbocycles. The molecule has 4 aliphatic rings. The molecule has 4 aliphatic heterocycles. The van der Waals surface area contributed by atoms with E-state index in [0.29, 0.717) is 25.9 Å². The van der Waals surface area contributed by atoms with Crippen LogP contribution in [-0.2, 0) is 31.9 Å². The number of likely N-dealkylation sites (tertiary alicyclic amines) is 2. The van der Waals surface area contributed by atoms with E-state index in [1.165, 1.54) is 0 Å². The Bertz CT molecular complexity index is 2200. The molecule has 8 rings (SSSR count). The molecule has 0 spiro atoms. The highest BCUT2D eigenvalue weighted by atomic mass is 16.6. The Labute approximate surface area is 394 Å². The minimum absolute atomic E-state index is 0.0166. The average molecular weight is 901 g/mol. The van der Waals surface area contributed by atoms with Crippen molar-refractivity contribution in [3.8, 4) is 0 Å². The molecule has 4 aromatic rings. The van der Waals surface area contributed by atoms with E-state index in [9.17, 15) is 19.2 Å². The van der Waals surface area contributed by atoms with Crippen LogP contribution in [-0.4, -0.2) is 69.9 Å². The average Bonchev–Trinajstić information content (AvgIpc) is 4.12. The summed E-state index contributed by atoms with van der Waals surface area (Å²) in [5, 5.41) is 3.37. The monoisotopic (exact) mass is 901 g/mol. The van der Waals surface area contributed by atoms with E-state index in [2.05, 4.69) is 0 Å². The van der Waals surface area contributed by atoms with Gasteiger partial charge in [0.1, 0.15) is 14.0 Å². The highest BCUT2D eigenvalue weighted by Gasteiger charge is 2.38. The highest BCUT2D eigenvalue weighted by Crippen LogP contribution is 2.36. The lowest BCUT2D eigenvalue weighted by atomic mass is 9.98. The van der Waals surface area contributed by atoms with Crippen molar-refractivity contribution < 1.29 is 31.5 Å². The molecule has 4 saturated heterocycles. The summed E-state index contributed by atoms with van der Waals surface area (Å²) in [5.41, 5.74) is 17.9. The predicted octanol–water partition coefficient (Wildman–Crippen LogP) is 9.89. The summed E-state index contributed by atoms with van der Waals surface area (Å²) in [6, 6.07) is 30.8. The van der Waals surface area contributed by atoms with Crippen LogP contribution in [0.5, 0.6) is 0 Å². The van der Waals surface area contributed by atoms with Crippen LogP contribution in [0.25, 0.3) is 0 Å². The number of ether oxygens (including phenoxy) is 2. The van der Waals surface area contributed by atoms with Gasteiger partial charge in [0.2, 0.25) is 0 Å². The summed E-state index contributed by atoms with van der Waals surface area (Å²) in [7, 11) is 0. The van der Waals surface area contributed by atoms with Crippen molar-refractivity contribution in [2.75, 3.05) is 24.6 Å². The summed E-state index contributed by atoms with van der Waals surface area (Å²) in [5.74, 6) is 0.0332. The Balaban J connectivity index is 0.000000283. The molecule has 352 valence electrons. The molecule has 66 heavy (non-hydrogen) atoms. The lowest BCUT2D eigenvalue weighted by Crippen LogP contribution is -2.43. The SMILES string of the molecule is [2H]N1C(c2ccc(CC(=O)[C@@H]3CCCN3C(=O)OC(C)(C)C)cc2)CCC1c1ccc(CC(=O)[C@@H]2CCCN2C(=O)OC(C)(C)C)cc1.[2H]N1C(c2ccc(N)cc2)CCC1c1ccc(N)cc1. The fourth-order valence-electron chi connectivity index (χ4n) is 9.45. The third kappa shape index (κ3) is 12.8. The number of rotatable bonds is 10. The summed E-state index contributed by atoms with van der Waals surface area (Å²) >= 11 is 0. The first-order chi connectivity index (χ1) is 32.2. The first-order valence-electron chi connectivity index (χ1n) is 24.6. The van der Waals surface area contributed by atoms with Crippen molar-refractivity contribution in [2.45, 2.75) is 153 Å². The van der Waals surface area contributed by atoms with Crippen LogP contribution in [0.15, 0.2) is 97.1 Å². The number of nitrogens with two attached hydrogens (primary N) is 2. The van der Waals surface area contributed by atoms with E-state index < -0.39 is 35.5 Å². The fourth-order valence-corrected chi connectivity index (χ4v) is 9.45. The number of nitrogen functional groups attached to an aromatic ring is 2. The van der Waals surface area contributed by atoms with Crippen LogP contribution in [0.3, 0.4) is 0 Å². The van der Waals surface area contributed by atoms with E-state index in [1.54, 1.807) is 20.4 Å². The maximum Gasteiger partial charge on any atom is 0.410 e. The second-order valence-electron chi connectivity index (χ2n) is 20.3. The van der Waals surface area contributed by atoms with E-state index >= 15 is 0 Å². The van der Waals surface area contributed by atoms with E-state index in [0.717, 1.165) is 83.3 Å². The number of nitrogens with zero attached hydrogens (tertiary/aromatic N) is 2. The van der Waals surface area contributed by atoms with Crippen LogP contribution in [0.1, 0.15) is 150 Å². The van der Waals surface area contributed by atoms with Crippen molar-refractivity contribution >= 4 is 35.1 Å². The van der Waals surface area contributed by atoms with Gasteiger partial charge in [-0.3, -0.25) is 19.4 Å². The van der Waals surface area contributed by atoms with Gasteiger partial charge in [-0.2, -0.15) is 0 Å². The number of ketones is 2. The van der Waals surface area contributed by atoms with E-state index in [1.807, 2.05) is 139 Å². The van der Waals surface area contributed by atoms with Crippen molar-refractivity contribution in [1.82, 2.24) is 20.4 Å². The number of carbonyl (C=O) groups is 4. The molecular weight excluding hydrogens is 829 g/mol. The first-order valence-corrected chi connectivity index (χ1v) is 23.7. The molecule has 0 radical (unpaired) electrons.